The van der Waals surface area contributed by atoms with Gasteiger partial charge in [-0.1, -0.05) is 0 Å². The van der Waals surface area contributed by atoms with Crippen LogP contribution in [-0.2, 0) is 23.6 Å². The standard InChI is InChI=1S/C17H31O5PS/c1-6-23(7-2,8-3,15-21-14-13-20-5)22-24(18,19)17-11-9-16(4)10-12-17/h9-12H,6-8,13-15H2,1-5H3. The summed E-state index contributed by atoms with van der Waals surface area (Å²) >= 11 is 0. The number of ether oxygens (including phenoxy) is 2. The first kappa shape index (κ1) is 21.5. The second kappa shape index (κ2) is 8.72. The van der Waals surface area contributed by atoms with Crippen LogP contribution in [0.15, 0.2) is 29.2 Å². The van der Waals surface area contributed by atoms with Crippen LogP contribution in [0.25, 0.3) is 0 Å². The van der Waals surface area contributed by atoms with Crippen LogP contribution in [0.2, 0.25) is 0 Å². The Morgan fingerprint density at radius 2 is 1.50 bits per heavy atom. The molecule has 0 saturated carbocycles. The molecule has 1 rings (SSSR count). The Bertz CT molecular complexity index is 597. The van der Waals surface area contributed by atoms with Crippen LogP contribution in [0.4, 0.5) is 0 Å². The molecule has 0 aromatic heterocycles. The average Bonchev–Trinajstić information content (AvgIpc) is 2.58. The number of benzene rings is 1. The molecule has 0 N–H and O–H groups in total. The third-order valence-electron chi connectivity index (χ3n) is 4.87. The number of aryl methyl sites for hydroxylation is 1. The predicted octanol–water partition coefficient (Wildman–Crippen LogP) is 3.85. The van der Waals surface area contributed by atoms with E-state index in [0.29, 0.717) is 38.0 Å². The maximum absolute atomic E-state index is 12.9. The van der Waals surface area contributed by atoms with Crippen molar-refractivity contribution >= 4 is 16.9 Å². The monoisotopic (exact) mass is 378 g/mol. The van der Waals surface area contributed by atoms with Crippen LogP contribution in [0.5, 0.6) is 0 Å². The van der Waals surface area contributed by atoms with Crippen molar-refractivity contribution in [3.8, 4) is 0 Å². The topological polar surface area (TPSA) is 61.8 Å². The van der Waals surface area contributed by atoms with Crippen LogP contribution in [0.1, 0.15) is 26.3 Å². The quantitative estimate of drug-likeness (QED) is 0.432. The molecule has 0 heterocycles. The summed E-state index contributed by atoms with van der Waals surface area (Å²) in [6, 6.07) is 6.76. The Labute approximate surface area is 146 Å². The zero-order valence-corrected chi connectivity index (χ0v) is 17.2. The van der Waals surface area contributed by atoms with Crippen molar-refractivity contribution in [3.05, 3.63) is 29.8 Å². The molecule has 0 aliphatic rings. The molecule has 0 radical (unpaired) electrons. The molecule has 1 aromatic rings. The van der Waals surface area contributed by atoms with E-state index in [-0.39, 0.29) is 4.90 Å². The second-order valence-electron chi connectivity index (χ2n) is 6.18. The van der Waals surface area contributed by atoms with Gasteiger partial charge in [0.05, 0.1) is 0 Å². The molecule has 0 atom stereocenters. The van der Waals surface area contributed by atoms with Crippen LogP contribution in [0, 0.1) is 6.92 Å². The SMILES string of the molecule is CCP(CC)(CC)(COCCOC)OS(=O)(=O)c1ccc(C)cc1. The summed E-state index contributed by atoms with van der Waals surface area (Å²) < 4.78 is 42.5. The Hall–Kier alpha value is -0.520. The molecular weight excluding hydrogens is 347 g/mol. The van der Waals surface area contributed by atoms with Gasteiger partial charge < -0.3 is 0 Å². The minimum atomic E-state index is -3.83. The Morgan fingerprint density at radius 3 is 1.96 bits per heavy atom. The summed E-state index contributed by atoms with van der Waals surface area (Å²) in [5.74, 6) is 0. The van der Waals surface area contributed by atoms with Gasteiger partial charge in [0.15, 0.2) is 0 Å². The first-order valence-corrected chi connectivity index (χ1v) is 12.7. The number of hydrogen-bond acceptors (Lipinski definition) is 5. The first-order chi connectivity index (χ1) is 11.3. The molecule has 24 heavy (non-hydrogen) atoms. The van der Waals surface area contributed by atoms with Crippen molar-refractivity contribution < 1.29 is 21.9 Å². The molecule has 0 fully saturated rings. The summed E-state index contributed by atoms with van der Waals surface area (Å²) in [6.45, 7) is 5.82. The Balaban J connectivity index is 3.13. The van der Waals surface area contributed by atoms with Crippen molar-refractivity contribution in [2.75, 3.05) is 45.2 Å². The molecule has 1 aromatic carbocycles. The predicted molar refractivity (Wildman–Crippen MR) is 101 cm³/mol. The van der Waals surface area contributed by atoms with Crippen LogP contribution >= 0.6 is 6.83 Å². The number of rotatable bonds is 11. The molecule has 0 spiro atoms. The van der Waals surface area contributed by atoms with E-state index in [9.17, 15) is 8.42 Å². The molecule has 7 heteroatoms. The first-order valence-electron chi connectivity index (χ1n) is 8.37. The van der Waals surface area contributed by atoms with Gasteiger partial charge in [-0.3, -0.25) is 0 Å². The number of hydrogen-bond donors (Lipinski definition) is 0. The van der Waals surface area contributed by atoms with E-state index < -0.39 is 16.9 Å². The maximum atomic E-state index is 12.9. The van der Waals surface area contributed by atoms with Crippen molar-refractivity contribution in [1.82, 2.24) is 0 Å². The molecule has 0 saturated heterocycles. The van der Waals surface area contributed by atoms with E-state index in [1.807, 2.05) is 27.7 Å². The van der Waals surface area contributed by atoms with Gasteiger partial charge in [0.2, 0.25) is 0 Å². The van der Waals surface area contributed by atoms with Gasteiger partial charge in [0.25, 0.3) is 0 Å². The van der Waals surface area contributed by atoms with Crippen LogP contribution in [-0.4, -0.2) is 53.6 Å². The third kappa shape index (κ3) is 4.99. The summed E-state index contributed by atoms with van der Waals surface area (Å²) in [7, 11) is -2.21. The zero-order chi connectivity index (χ0) is 18.3. The van der Waals surface area contributed by atoms with E-state index in [1.54, 1.807) is 31.4 Å². The van der Waals surface area contributed by atoms with Gasteiger partial charge in [0, 0.05) is 0 Å². The van der Waals surface area contributed by atoms with Gasteiger partial charge in [-0.05, 0) is 0 Å². The molecule has 140 valence electrons. The van der Waals surface area contributed by atoms with E-state index >= 15 is 0 Å². The minimum absolute atomic E-state index is 0.203. The van der Waals surface area contributed by atoms with Gasteiger partial charge in [0.1, 0.15) is 0 Å². The van der Waals surface area contributed by atoms with Crippen molar-refractivity contribution in [3.63, 3.8) is 0 Å². The molecule has 0 unspecified atom stereocenters. The zero-order valence-electron chi connectivity index (χ0n) is 15.4. The van der Waals surface area contributed by atoms with E-state index in [4.69, 9.17) is 13.4 Å². The molecule has 5 nitrogen and oxygen atoms in total. The Morgan fingerprint density at radius 1 is 0.958 bits per heavy atom. The fourth-order valence-electron chi connectivity index (χ4n) is 2.59. The molecule has 0 amide bonds. The summed E-state index contributed by atoms with van der Waals surface area (Å²) in [4.78, 5) is 0.203. The van der Waals surface area contributed by atoms with Crippen molar-refractivity contribution in [1.29, 1.82) is 0 Å². The fourth-order valence-corrected chi connectivity index (χ4v) is 9.54. The molecular formula is C17H31O5PS. The number of methoxy groups -OCH3 is 1. The normalized spacial score (nSPS) is 14.3. The van der Waals surface area contributed by atoms with Crippen molar-refractivity contribution in [2.24, 2.45) is 0 Å². The summed E-state index contributed by atoms with van der Waals surface area (Å²) in [6.07, 6.45) is 2.33. The molecule has 0 aliphatic heterocycles. The summed E-state index contributed by atoms with van der Waals surface area (Å²) in [5, 5.41) is 0. The second-order valence-corrected chi connectivity index (χ2v) is 14.0. The fraction of sp³-hybridized carbons (Fsp3) is 0.647. The van der Waals surface area contributed by atoms with E-state index in [1.165, 1.54) is 0 Å². The van der Waals surface area contributed by atoms with Gasteiger partial charge >= 0.3 is 146 Å². The average molecular weight is 378 g/mol. The summed E-state index contributed by atoms with van der Waals surface area (Å²) in [5.41, 5.74) is 1.01. The van der Waals surface area contributed by atoms with Crippen LogP contribution in [0.3, 0.4) is 0 Å². The van der Waals surface area contributed by atoms with E-state index in [0.717, 1.165) is 5.56 Å². The third-order valence-corrected chi connectivity index (χ3v) is 13.8. The van der Waals surface area contributed by atoms with Gasteiger partial charge in [-0.15, -0.1) is 0 Å². The Kier molecular flexibility index (Phi) is 7.82. The van der Waals surface area contributed by atoms with Gasteiger partial charge in [-0.25, -0.2) is 0 Å². The van der Waals surface area contributed by atoms with Gasteiger partial charge in [-0.2, -0.15) is 0 Å². The molecule has 0 bridgehead atoms. The van der Waals surface area contributed by atoms with E-state index in [2.05, 4.69) is 0 Å². The van der Waals surface area contributed by atoms with Crippen LogP contribution < -0.4 is 0 Å². The van der Waals surface area contributed by atoms with Crippen molar-refractivity contribution in [2.45, 2.75) is 32.6 Å². The molecule has 0 aliphatic carbocycles.